The third-order valence-electron chi connectivity index (χ3n) is 4.96. The maximum Gasteiger partial charge on any atom is 0.225 e. The maximum atomic E-state index is 11.9. The molecule has 0 bridgehead atoms. The predicted molar refractivity (Wildman–Crippen MR) is 81.0 cm³/mol. The molecule has 2 aliphatic heterocycles. The molecule has 2 unspecified atom stereocenters. The minimum absolute atomic E-state index is 0.195. The topological polar surface area (TPSA) is 65.4 Å². The highest BCUT2D eigenvalue weighted by Crippen LogP contribution is 2.40. The third-order valence-corrected chi connectivity index (χ3v) is 4.96. The molecule has 0 aliphatic carbocycles. The Morgan fingerprint density at radius 1 is 1.43 bits per heavy atom. The number of nitrogens with two attached hydrogens (primary N) is 1. The van der Waals surface area contributed by atoms with E-state index in [4.69, 9.17) is 10.5 Å². The number of aromatic nitrogens is 1. The molecule has 2 N–H and O–H groups in total. The molecule has 21 heavy (non-hydrogen) atoms. The summed E-state index contributed by atoms with van der Waals surface area (Å²) < 4.78 is 6.86. The summed E-state index contributed by atoms with van der Waals surface area (Å²) in [7, 11) is 0. The van der Waals surface area contributed by atoms with Gasteiger partial charge in [0.2, 0.25) is 5.52 Å². The first-order valence-electron chi connectivity index (χ1n) is 7.43. The van der Waals surface area contributed by atoms with E-state index in [0.29, 0.717) is 18.0 Å². The molecule has 0 spiro atoms. The molecular weight excluding hydrogens is 266 g/mol. The van der Waals surface area contributed by atoms with Crippen molar-refractivity contribution >= 4 is 16.6 Å². The number of nitrogens with zero attached hydrogens (tertiary/aromatic N) is 2. The minimum atomic E-state index is -0.195. The van der Waals surface area contributed by atoms with E-state index in [2.05, 4.69) is 11.0 Å². The van der Waals surface area contributed by atoms with Crippen LogP contribution in [-0.2, 0) is 4.74 Å². The number of ether oxygens (including phenoxy) is 1. The summed E-state index contributed by atoms with van der Waals surface area (Å²) in [5.41, 5.74) is 7.54. The summed E-state index contributed by atoms with van der Waals surface area (Å²) in [6, 6.07) is 9.77. The van der Waals surface area contributed by atoms with Crippen molar-refractivity contribution in [3.63, 3.8) is 0 Å². The van der Waals surface area contributed by atoms with Crippen LogP contribution in [0.2, 0.25) is 0 Å². The monoisotopic (exact) mass is 285 g/mol. The van der Waals surface area contributed by atoms with E-state index in [0.717, 1.165) is 41.9 Å². The molecular formula is C16H19N3O2. The van der Waals surface area contributed by atoms with Gasteiger partial charge in [-0.2, -0.15) is 4.73 Å². The predicted octanol–water partition coefficient (Wildman–Crippen LogP) is 1.03. The molecule has 2 aromatic rings. The maximum absolute atomic E-state index is 11.9. The largest absolute Gasteiger partial charge is 0.618 e. The van der Waals surface area contributed by atoms with Crippen LogP contribution in [0.3, 0.4) is 0 Å². The van der Waals surface area contributed by atoms with Gasteiger partial charge in [-0.25, -0.2) is 0 Å². The fourth-order valence-electron chi connectivity index (χ4n) is 3.72. The lowest BCUT2D eigenvalue weighted by atomic mass is 9.91. The van der Waals surface area contributed by atoms with Crippen LogP contribution in [0.4, 0.5) is 5.69 Å². The molecule has 0 amide bonds. The van der Waals surface area contributed by atoms with Crippen LogP contribution in [0.1, 0.15) is 6.42 Å². The van der Waals surface area contributed by atoms with Crippen LogP contribution < -0.4 is 15.4 Å². The van der Waals surface area contributed by atoms with Crippen molar-refractivity contribution in [1.29, 1.82) is 0 Å². The Bertz CT molecular complexity index is 690. The quantitative estimate of drug-likeness (QED) is 0.661. The van der Waals surface area contributed by atoms with Gasteiger partial charge in [0.1, 0.15) is 5.60 Å². The summed E-state index contributed by atoms with van der Waals surface area (Å²) in [4.78, 5) is 2.29. The van der Waals surface area contributed by atoms with E-state index in [1.807, 2.05) is 18.2 Å². The Labute approximate surface area is 123 Å². The Morgan fingerprint density at radius 3 is 3.14 bits per heavy atom. The van der Waals surface area contributed by atoms with Gasteiger partial charge < -0.3 is 20.6 Å². The molecule has 4 rings (SSSR count). The van der Waals surface area contributed by atoms with Crippen LogP contribution in [0, 0.1) is 11.1 Å². The minimum Gasteiger partial charge on any atom is -0.618 e. The van der Waals surface area contributed by atoms with Crippen LogP contribution in [0.25, 0.3) is 10.9 Å². The van der Waals surface area contributed by atoms with Crippen molar-refractivity contribution in [3.05, 3.63) is 41.7 Å². The van der Waals surface area contributed by atoms with Crippen LogP contribution in [0.5, 0.6) is 0 Å². The number of hydrogen-bond donors (Lipinski definition) is 1. The van der Waals surface area contributed by atoms with Crippen molar-refractivity contribution in [3.8, 4) is 0 Å². The van der Waals surface area contributed by atoms with Crippen molar-refractivity contribution in [1.82, 2.24) is 0 Å². The zero-order valence-electron chi connectivity index (χ0n) is 11.9. The van der Waals surface area contributed by atoms with E-state index in [-0.39, 0.29) is 5.60 Å². The van der Waals surface area contributed by atoms with E-state index in [1.165, 1.54) is 6.20 Å². The fourth-order valence-corrected chi connectivity index (χ4v) is 3.72. The molecule has 2 aliphatic rings. The molecule has 2 atom stereocenters. The Hall–Kier alpha value is -1.85. The van der Waals surface area contributed by atoms with E-state index >= 15 is 0 Å². The van der Waals surface area contributed by atoms with Crippen LogP contribution in [0.15, 0.2) is 36.5 Å². The third kappa shape index (κ3) is 1.88. The second-order valence-corrected chi connectivity index (χ2v) is 6.06. The molecule has 1 aromatic carbocycles. The van der Waals surface area contributed by atoms with Gasteiger partial charge in [-0.05, 0) is 24.6 Å². The van der Waals surface area contributed by atoms with Gasteiger partial charge in [0, 0.05) is 55.4 Å². The van der Waals surface area contributed by atoms with Gasteiger partial charge >= 0.3 is 0 Å². The Morgan fingerprint density at radius 2 is 2.33 bits per heavy atom. The normalized spacial score (nSPS) is 28.2. The molecule has 110 valence electrons. The standard InChI is InChI=1S/C16H19N3O2/c17-10-16-11-18(9-13(16)5-7-21-16)14-4-3-12-2-1-6-19(20)15(12)8-14/h1-4,6,8,13H,5,7,9-11,17H2. The lowest BCUT2D eigenvalue weighted by molar-refractivity contribution is -0.576. The van der Waals surface area contributed by atoms with Gasteiger partial charge in [0.25, 0.3) is 0 Å². The Balaban J connectivity index is 1.70. The van der Waals surface area contributed by atoms with Gasteiger partial charge in [0.15, 0.2) is 6.20 Å². The highest BCUT2D eigenvalue weighted by atomic mass is 16.5. The summed E-state index contributed by atoms with van der Waals surface area (Å²) in [6.07, 6.45) is 2.61. The average molecular weight is 285 g/mol. The van der Waals surface area contributed by atoms with Crippen molar-refractivity contribution in [2.24, 2.45) is 11.7 Å². The number of rotatable bonds is 2. The number of hydrogen-bond acceptors (Lipinski definition) is 4. The van der Waals surface area contributed by atoms with Gasteiger partial charge in [-0.15, -0.1) is 0 Å². The SMILES string of the molecule is NCC12CN(c3ccc4ccc[n+]([O-])c4c3)CC1CCO2. The average Bonchev–Trinajstić information content (AvgIpc) is 3.04. The summed E-state index contributed by atoms with van der Waals surface area (Å²) in [5, 5.41) is 12.9. The molecule has 2 fully saturated rings. The summed E-state index contributed by atoms with van der Waals surface area (Å²) >= 11 is 0. The molecule has 5 heteroatoms. The molecule has 0 saturated carbocycles. The zero-order chi connectivity index (χ0) is 14.4. The fraction of sp³-hybridized carbons (Fsp3) is 0.438. The second kappa shape index (κ2) is 4.58. The first-order valence-corrected chi connectivity index (χ1v) is 7.43. The van der Waals surface area contributed by atoms with Crippen molar-refractivity contribution in [2.45, 2.75) is 12.0 Å². The first kappa shape index (κ1) is 12.9. The molecule has 5 nitrogen and oxygen atoms in total. The van der Waals surface area contributed by atoms with E-state index < -0.39 is 0 Å². The van der Waals surface area contributed by atoms with Crippen molar-refractivity contribution in [2.75, 3.05) is 31.1 Å². The summed E-state index contributed by atoms with van der Waals surface area (Å²) in [5.74, 6) is 0.494. The highest BCUT2D eigenvalue weighted by molar-refractivity contribution is 5.79. The van der Waals surface area contributed by atoms with Gasteiger partial charge in [-0.1, -0.05) is 0 Å². The lowest BCUT2D eigenvalue weighted by Gasteiger charge is -2.26. The smallest absolute Gasteiger partial charge is 0.225 e. The lowest BCUT2D eigenvalue weighted by Crippen LogP contribution is -2.44. The molecule has 3 heterocycles. The van der Waals surface area contributed by atoms with Gasteiger partial charge in [0.05, 0.1) is 0 Å². The number of pyridine rings is 1. The number of anilines is 1. The summed E-state index contributed by atoms with van der Waals surface area (Å²) in [6.45, 7) is 3.14. The molecule has 2 saturated heterocycles. The Kier molecular flexibility index (Phi) is 2.80. The first-order chi connectivity index (χ1) is 10.2. The number of fused-ring (bicyclic) bond motifs is 2. The number of benzene rings is 1. The molecule has 1 aromatic heterocycles. The van der Waals surface area contributed by atoms with Gasteiger partial charge in [-0.3, -0.25) is 0 Å². The van der Waals surface area contributed by atoms with Crippen LogP contribution in [-0.4, -0.2) is 31.8 Å². The zero-order valence-corrected chi connectivity index (χ0v) is 11.9. The van der Waals surface area contributed by atoms with E-state index in [1.54, 1.807) is 6.07 Å². The second-order valence-electron chi connectivity index (χ2n) is 6.06. The van der Waals surface area contributed by atoms with Crippen molar-refractivity contribution < 1.29 is 9.47 Å². The van der Waals surface area contributed by atoms with E-state index in [9.17, 15) is 5.21 Å². The molecule has 0 radical (unpaired) electrons. The van der Waals surface area contributed by atoms with Crippen LogP contribution >= 0.6 is 0 Å². The highest BCUT2D eigenvalue weighted by Gasteiger charge is 2.50.